The van der Waals surface area contributed by atoms with Crippen LogP contribution in [0.1, 0.15) is 37.3 Å². The average Bonchev–Trinajstić information content (AvgIpc) is 3.24. The van der Waals surface area contributed by atoms with Gasteiger partial charge in [0, 0.05) is 6.54 Å². The van der Waals surface area contributed by atoms with Crippen LogP contribution in [0.15, 0.2) is 54.6 Å². The Hall–Kier alpha value is -3.39. The monoisotopic (exact) mass is 453 g/mol. The van der Waals surface area contributed by atoms with Gasteiger partial charge in [0.1, 0.15) is 6.54 Å². The molecule has 33 heavy (non-hydrogen) atoms. The number of anilines is 1. The van der Waals surface area contributed by atoms with Gasteiger partial charge in [0.2, 0.25) is 0 Å². The summed E-state index contributed by atoms with van der Waals surface area (Å²) in [5, 5.41) is 15.6. The molecule has 0 spiro atoms. The summed E-state index contributed by atoms with van der Waals surface area (Å²) in [5.41, 5.74) is 2.80. The Bertz CT molecular complexity index is 966. The first kappa shape index (κ1) is 24.3. The molecule has 3 rings (SSSR count). The van der Waals surface area contributed by atoms with Crippen LogP contribution in [0.5, 0.6) is 0 Å². The number of ether oxygens (including phenoxy) is 1. The van der Waals surface area contributed by atoms with Crippen molar-refractivity contribution in [1.82, 2.24) is 10.3 Å². The van der Waals surface area contributed by atoms with Crippen molar-refractivity contribution in [1.29, 1.82) is 0 Å². The van der Waals surface area contributed by atoms with E-state index in [-0.39, 0.29) is 11.9 Å². The van der Waals surface area contributed by atoms with Crippen LogP contribution >= 0.6 is 0 Å². The number of benzene rings is 2. The molecule has 0 aliphatic carbocycles. The van der Waals surface area contributed by atoms with Crippen molar-refractivity contribution < 1.29 is 24.2 Å². The Kier molecular flexibility index (Phi) is 8.43. The van der Waals surface area contributed by atoms with E-state index in [1.54, 1.807) is 18.9 Å². The lowest BCUT2D eigenvalue weighted by Crippen LogP contribution is -2.54. The normalized spacial score (nSPS) is 14.3. The molecule has 1 aliphatic heterocycles. The summed E-state index contributed by atoms with van der Waals surface area (Å²) in [4.78, 5) is 37.2. The van der Waals surface area contributed by atoms with Crippen LogP contribution in [0.4, 0.5) is 5.69 Å². The minimum absolute atomic E-state index is 0.298. The molecule has 8 nitrogen and oxygen atoms in total. The van der Waals surface area contributed by atoms with E-state index in [9.17, 15) is 19.5 Å². The Balaban J connectivity index is 1.66. The molecule has 2 atom stereocenters. The van der Waals surface area contributed by atoms with Gasteiger partial charge < -0.3 is 15.2 Å². The summed E-state index contributed by atoms with van der Waals surface area (Å²) < 4.78 is 5.23. The average molecular weight is 454 g/mol. The second kappa shape index (κ2) is 11.5. The molecule has 2 aromatic rings. The molecular weight excluding hydrogens is 422 g/mol. The van der Waals surface area contributed by atoms with E-state index in [4.69, 9.17) is 4.74 Å². The summed E-state index contributed by atoms with van der Waals surface area (Å²) in [6, 6.07) is 16.5. The summed E-state index contributed by atoms with van der Waals surface area (Å²) >= 11 is 0. The fourth-order valence-corrected chi connectivity index (χ4v) is 4.09. The Labute approximate surface area is 194 Å². The highest BCUT2D eigenvalue weighted by molar-refractivity contribution is 5.87. The quantitative estimate of drug-likeness (QED) is 0.505. The van der Waals surface area contributed by atoms with Gasteiger partial charge in [-0.15, -0.1) is 0 Å². The van der Waals surface area contributed by atoms with Gasteiger partial charge in [0.25, 0.3) is 5.91 Å². The third-order valence-corrected chi connectivity index (χ3v) is 5.72. The number of esters is 1. The minimum atomic E-state index is -1.08. The number of hydrogen-bond acceptors (Lipinski definition) is 6. The largest absolute Gasteiger partial charge is 0.480 e. The number of amides is 1. The zero-order chi connectivity index (χ0) is 23.8. The number of hydrogen-bond donors (Lipinski definition) is 2. The van der Waals surface area contributed by atoms with E-state index < -0.39 is 24.5 Å². The SMILES string of the molecule is CCOC(=O)C(CCN[C@@H](C)C(=O)N(CC(=O)O)N1CCc2ccccc21)c1ccccc1. The van der Waals surface area contributed by atoms with Crippen LogP contribution < -0.4 is 10.3 Å². The molecular formula is C25H31N3O5. The van der Waals surface area contributed by atoms with Crippen molar-refractivity contribution in [3.05, 3.63) is 65.7 Å². The number of carbonyl (C=O) groups is 3. The second-order valence-corrected chi connectivity index (χ2v) is 7.97. The zero-order valence-electron chi connectivity index (χ0n) is 19.1. The lowest BCUT2D eigenvalue weighted by Gasteiger charge is -2.34. The number of carboxylic acid groups (broad SMARTS) is 1. The van der Waals surface area contributed by atoms with Crippen LogP contribution in [0.2, 0.25) is 0 Å². The topological polar surface area (TPSA) is 99.2 Å². The van der Waals surface area contributed by atoms with Gasteiger partial charge in [-0.1, -0.05) is 48.5 Å². The van der Waals surface area contributed by atoms with Crippen LogP contribution in [-0.2, 0) is 25.5 Å². The highest BCUT2D eigenvalue weighted by atomic mass is 16.5. The Morgan fingerprint density at radius 1 is 1.12 bits per heavy atom. The van der Waals surface area contributed by atoms with Gasteiger partial charge in [-0.3, -0.25) is 19.4 Å². The fourth-order valence-electron chi connectivity index (χ4n) is 4.09. The molecule has 176 valence electrons. The highest BCUT2D eigenvalue weighted by Crippen LogP contribution is 2.29. The van der Waals surface area contributed by atoms with Crippen molar-refractivity contribution in [3.63, 3.8) is 0 Å². The van der Waals surface area contributed by atoms with Crippen molar-refractivity contribution in [3.8, 4) is 0 Å². The summed E-state index contributed by atoms with van der Waals surface area (Å²) in [6.07, 6.45) is 1.20. The maximum atomic E-state index is 13.2. The fraction of sp³-hybridized carbons (Fsp3) is 0.400. The number of nitrogens with one attached hydrogen (secondary N) is 1. The van der Waals surface area contributed by atoms with Crippen LogP contribution in [-0.4, -0.2) is 60.2 Å². The molecule has 0 radical (unpaired) electrons. The van der Waals surface area contributed by atoms with E-state index in [0.717, 1.165) is 23.2 Å². The van der Waals surface area contributed by atoms with E-state index in [0.29, 0.717) is 26.1 Å². The number of fused-ring (bicyclic) bond motifs is 1. The third kappa shape index (κ3) is 6.10. The summed E-state index contributed by atoms with van der Waals surface area (Å²) in [7, 11) is 0. The van der Waals surface area contributed by atoms with E-state index >= 15 is 0 Å². The first-order valence-electron chi connectivity index (χ1n) is 11.3. The first-order chi connectivity index (χ1) is 15.9. The molecule has 1 heterocycles. The Morgan fingerprint density at radius 3 is 2.52 bits per heavy atom. The maximum Gasteiger partial charge on any atom is 0.325 e. The van der Waals surface area contributed by atoms with Gasteiger partial charge in [-0.2, -0.15) is 0 Å². The van der Waals surface area contributed by atoms with E-state index in [1.807, 2.05) is 54.6 Å². The molecule has 1 unspecified atom stereocenters. The number of rotatable bonds is 11. The zero-order valence-corrected chi connectivity index (χ0v) is 19.1. The number of carboxylic acids is 1. The molecule has 2 N–H and O–H groups in total. The lowest BCUT2D eigenvalue weighted by molar-refractivity contribution is -0.146. The molecule has 1 amide bonds. The van der Waals surface area contributed by atoms with E-state index in [1.165, 1.54) is 5.01 Å². The van der Waals surface area contributed by atoms with Crippen LogP contribution in [0.25, 0.3) is 0 Å². The van der Waals surface area contributed by atoms with Gasteiger partial charge in [0.05, 0.1) is 24.3 Å². The summed E-state index contributed by atoms with van der Waals surface area (Å²) in [5.74, 6) is -2.15. The minimum Gasteiger partial charge on any atom is -0.480 e. The second-order valence-electron chi connectivity index (χ2n) is 7.97. The maximum absolute atomic E-state index is 13.2. The standard InChI is InChI=1S/C25H31N3O5/c1-3-33-25(32)21(19-9-5-4-6-10-19)13-15-26-18(2)24(31)28(17-23(29)30)27-16-14-20-11-7-8-12-22(20)27/h4-12,18,21,26H,3,13-17H2,1-2H3,(H,29,30)/t18-,21?/m0/s1. The Morgan fingerprint density at radius 2 is 1.82 bits per heavy atom. The van der Waals surface area contributed by atoms with Crippen molar-refractivity contribution >= 4 is 23.5 Å². The third-order valence-electron chi connectivity index (χ3n) is 5.72. The van der Waals surface area contributed by atoms with Gasteiger partial charge in [-0.25, -0.2) is 5.01 Å². The number of aliphatic carboxylic acids is 1. The van der Waals surface area contributed by atoms with Crippen molar-refractivity contribution in [2.75, 3.05) is 31.3 Å². The molecule has 0 aromatic heterocycles. The number of nitrogens with zero attached hydrogens (tertiary/aromatic N) is 2. The molecule has 0 fully saturated rings. The summed E-state index contributed by atoms with van der Waals surface area (Å²) in [6.45, 7) is 4.29. The van der Waals surface area contributed by atoms with Gasteiger partial charge >= 0.3 is 11.9 Å². The number of carbonyl (C=O) groups excluding carboxylic acids is 2. The molecule has 0 saturated heterocycles. The van der Waals surface area contributed by atoms with Crippen molar-refractivity contribution in [2.45, 2.75) is 38.6 Å². The predicted molar refractivity (Wildman–Crippen MR) is 125 cm³/mol. The van der Waals surface area contributed by atoms with Crippen LogP contribution in [0, 0.1) is 0 Å². The lowest BCUT2D eigenvalue weighted by atomic mass is 9.95. The first-order valence-corrected chi connectivity index (χ1v) is 11.3. The number of hydrazine groups is 1. The van der Waals surface area contributed by atoms with Gasteiger partial charge in [-0.05, 0) is 50.4 Å². The molecule has 0 bridgehead atoms. The molecule has 0 saturated carbocycles. The number of para-hydroxylation sites is 1. The van der Waals surface area contributed by atoms with Crippen LogP contribution in [0.3, 0.4) is 0 Å². The van der Waals surface area contributed by atoms with Crippen molar-refractivity contribution in [2.24, 2.45) is 0 Å². The predicted octanol–water partition coefficient (Wildman–Crippen LogP) is 2.59. The van der Waals surface area contributed by atoms with E-state index in [2.05, 4.69) is 5.32 Å². The van der Waals surface area contributed by atoms with Gasteiger partial charge in [0.15, 0.2) is 0 Å². The molecule has 8 heteroatoms. The highest BCUT2D eigenvalue weighted by Gasteiger charge is 2.32. The smallest absolute Gasteiger partial charge is 0.325 e. The molecule has 2 aromatic carbocycles. The molecule has 1 aliphatic rings.